The Kier molecular flexibility index (Phi) is 6.63. The molecule has 0 saturated carbocycles. The van der Waals surface area contributed by atoms with Gasteiger partial charge in [0.25, 0.3) is 0 Å². The minimum Gasteiger partial charge on any atom is -0.341 e. The van der Waals surface area contributed by atoms with Gasteiger partial charge in [-0.1, -0.05) is 59.1 Å². The molecule has 1 aromatic heterocycles. The molecule has 0 radical (unpaired) electrons. The third-order valence-corrected chi connectivity index (χ3v) is 9.06. The zero-order valence-corrected chi connectivity index (χ0v) is 19.8. The summed E-state index contributed by atoms with van der Waals surface area (Å²) in [7, 11) is -3.64. The first-order valence-electron chi connectivity index (χ1n) is 9.43. The van der Waals surface area contributed by atoms with E-state index in [0.717, 1.165) is 35.6 Å². The van der Waals surface area contributed by atoms with Crippen LogP contribution in [0.2, 0.25) is 14.4 Å². The van der Waals surface area contributed by atoms with E-state index in [4.69, 9.17) is 34.8 Å². The van der Waals surface area contributed by atoms with Gasteiger partial charge in [-0.3, -0.25) is 0 Å². The van der Waals surface area contributed by atoms with Crippen molar-refractivity contribution in [3.05, 3.63) is 74.0 Å². The lowest BCUT2D eigenvalue weighted by atomic mass is 10.0. The number of aryl methyl sites for hydroxylation is 2. The van der Waals surface area contributed by atoms with Crippen LogP contribution in [0.5, 0.6) is 0 Å². The molecule has 3 aromatic rings. The second kappa shape index (κ2) is 9.07. The highest BCUT2D eigenvalue weighted by molar-refractivity contribution is 7.91. The minimum absolute atomic E-state index is 0.120. The summed E-state index contributed by atoms with van der Waals surface area (Å²) >= 11 is 19.0. The first-order chi connectivity index (χ1) is 14.3. The number of hydrogen-bond acceptors (Lipinski definition) is 4. The molecule has 4 nitrogen and oxygen atoms in total. The van der Waals surface area contributed by atoms with Gasteiger partial charge in [-0.15, -0.1) is 11.3 Å². The van der Waals surface area contributed by atoms with E-state index in [0.29, 0.717) is 24.5 Å². The number of benzene rings is 2. The summed E-state index contributed by atoms with van der Waals surface area (Å²) in [5.41, 5.74) is 4.72. The second-order valence-electron chi connectivity index (χ2n) is 6.99. The Morgan fingerprint density at radius 2 is 1.70 bits per heavy atom. The summed E-state index contributed by atoms with van der Waals surface area (Å²) in [4.78, 5) is 2.23. The van der Waals surface area contributed by atoms with E-state index in [-0.39, 0.29) is 13.6 Å². The zero-order valence-electron chi connectivity index (χ0n) is 15.9. The van der Waals surface area contributed by atoms with Crippen molar-refractivity contribution in [1.29, 1.82) is 0 Å². The van der Waals surface area contributed by atoms with Crippen LogP contribution < -0.4 is 9.62 Å². The third kappa shape index (κ3) is 4.64. The molecule has 0 atom stereocenters. The molecule has 4 rings (SSSR count). The van der Waals surface area contributed by atoms with Gasteiger partial charge in [0.1, 0.15) is 8.55 Å². The zero-order chi connectivity index (χ0) is 21.3. The summed E-state index contributed by atoms with van der Waals surface area (Å²) in [6, 6.07) is 15.7. The summed E-state index contributed by atoms with van der Waals surface area (Å²) in [6.45, 7) is 0.947. The lowest BCUT2D eigenvalue weighted by Crippen LogP contribution is -2.28. The maximum atomic E-state index is 12.5. The SMILES string of the molecule is O=S(=O)(NCCCN1c2ccccc2CCc2ccc(Cl)cc21)c1cc(Cl)c(Cl)s1. The monoisotopic (exact) mass is 500 g/mol. The average Bonchev–Trinajstić information content (AvgIpc) is 2.99. The molecule has 0 aliphatic carbocycles. The van der Waals surface area contributed by atoms with Gasteiger partial charge in [0.05, 0.1) is 5.02 Å². The Morgan fingerprint density at radius 1 is 0.967 bits per heavy atom. The number of thiophene rings is 1. The molecule has 1 N–H and O–H groups in total. The van der Waals surface area contributed by atoms with Crippen LogP contribution in [-0.4, -0.2) is 21.5 Å². The topological polar surface area (TPSA) is 49.4 Å². The molecule has 2 heterocycles. The third-order valence-electron chi connectivity index (χ3n) is 5.02. The Labute approximate surface area is 195 Å². The first-order valence-corrected chi connectivity index (χ1v) is 12.9. The number of hydrogen-bond donors (Lipinski definition) is 1. The standard InChI is InChI=1S/C21H19Cl3N2O2S2/c22-16-9-8-15-7-6-14-4-1-2-5-18(14)26(19(15)12-16)11-3-10-25-30(27,28)20-13-17(23)21(24)29-20/h1-2,4-5,8-9,12-13,25H,3,6-7,10-11H2. The average molecular weight is 502 g/mol. The van der Waals surface area contributed by atoms with E-state index >= 15 is 0 Å². The Morgan fingerprint density at radius 3 is 2.43 bits per heavy atom. The van der Waals surface area contributed by atoms with Gasteiger partial charge in [0.15, 0.2) is 0 Å². The van der Waals surface area contributed by atoms with Gasteiger partial charge in [-0.05, 0) is 54.7 Å². The number of sulfonamides is 1. The highest BCUT2D eigenvalue weighted by Gasteiger charge is 2.22. The maximum Gasteiger partial charge on any atom is 0.250 e. The van der Waals surface area contributed by atoms with Crippen LogP contribution in [-0.2, 0) is 22.9 Å². The largest absolute Gasteiger partial charge is 0.341 e. The molecule has 0 saturated heterocycles. The molecule has 9 heteroatoms. The Hall–Kier alpha value is -1.28. The minimum atomic E-state index is -3.64. The molecule has 30 heavy (non-hydrogen) atoms. The van der Waals surface area contributed by atoms with Crippen LogP contribution in [0.1, 0.15) is 17.5 Å². The number of nitrogens with one attached hydrogen (secondary N) is 1. The van der Waals surface area contributed by atoms with E-state index in [9.17, 15) is 8.42 Å². The highest BCUT2D eigenvalue weighted by Crippen LogP contribution is 2.37. The van der Waals surface area contributed by atoms with Gasteiger partial charge in [-0.25, -0.2) is 13.1 Å². The van der Waals surface area contributed by atoms with Crippen molar-refractivity contribution in [1.82, 2.24) is 4.72 Å². The van der Waals surface area contributed by atoms with Crippen molar-refractivity contribution < 1.29 is 8.42 Å². The van der Waals surface area contributed by atoms with Crippen molar-refractivity contribution in [2.75, 3.05) is 18.0 Å². The van der Waals surface area contributed by atoms with Crippen LogP contribution >= 0.6 is 46.1 Å². The summed E-state index contributed by atoms with van der Waals surface area (Å²) in [5, 5.41) is 0.932. The van der Waals surface area contributed by atoms with Crippen molar-refractivity contribution >= 4 is 67.5 Å². The van der Waals surface area contributed by atoms with E-state index in [1.807, 2.05) is 24.3 Å². The number of anilines is 2. The highest BCUT2D eigenvalue weighted by atomic mass is 35.5. The summed E-state index contributed by atoms with van der Waals surface area (Å²) in [5.74, 6) is 0. The van der Waals surface area contributed by atoms with Gasteiger partial charge >= 0.3 is 0 Å². The maximum absolute atomic E-state index is 12.5. The van der Waals surface area contributed by atoms with Gasteiger partial charge in [-0.2, -0.15) is 0 Å². The smallest absolute Gasteiger partial charge is 0.250 e. The van der Waals surface area contributed by atoms with Crippen LogP contribution in [0, 0.1) is 0 Å². The molecular weight excluding hydrogens is 483 g/mol. The predicted octanol–water partition coefficient (Wildman–Crippen LogP) is 6.31. The number of fused-ring (bicyclic) bond motifs is 2. The molecule has 1 aliphatic rings. The van der Waals surface area contributed by atoms with Crippen molar-refractivity contribution in [2.45, 2.75) is 23.5 Å². The van der Waals surface area contributed by atoms with Gasteiger partial charge < -0.3 is 4.90 Å². The fraction of sp³-hybridized carbons (Fsp3) is 0.238. The Bertz CT molecular complexity index is 1160. The molecular formula is C21H19Cl3N2O2S2. The summed E-state index contributed by atoms with van der Waals surface area (Å²) < 4.78 is 28.0. The lowest BCUT2D eigenvalue weighted by Gasteiger charge is -2.27. The Balaban J connectivity index is 1.51. The predicted molar refractivity (Wildman–Crippen MR) is 126 cm³/mol. The van der Waals surface area contributed by atoms with Crippen molar-refractivity contribution in [3.63, 3.8) is 0 Å². The number of rotatable bonds is 6. The van der Waals surface area contributed by atoms with Crippen LogP contribution in [0.3, 0.4) is 0 Å². The van der Waals surface area contributed by atoms with Crippen LogP contribution in [0.25, 0.3) is 0 Å². The van der Waals surface area contributed by atoms with Gasteiger partial charge in [0, 0.05) is 29.5 Å². The van der Waals surface area contributed by atoms with E-state index < -0.39 is 10.0 Å². The second-order valence-corrected chi connectivity index (χ2v) is 11.5. The van der Waals surface area contributed by atoms with Crippen LogP contribution in [0.15, 0.2) is 52.7 Å². The molecule has 2 aromatic carbocycles. The van der Waals surface area contributed by atoms with E-state index in [2.05, 4.69) is 27.8 Å². The fourth-order valence-corrected chi connectivity index (χ4v) is 6.76. The first kappa shape index (κ1) is 21.9. The molecule has 1 aliphatic heterocycles. The number of halogens is 3. The van der Waals surface area contributed by atoms with Crippen molar-refractivity contribution in [3.8, 4) is 0 Å². The van der Waals surface area contributed by atoms with Crippen LogP contribution in [0.4, 0.5) is 11.4 Å². The quantitative estimate of drug-likeness (QED) is 0.402. The molecule has 0 amide bonds. The van der Waals surface area contributed by atoms with E-state index in [1.54, 1.807) is 0 Å². The fourth-order valence-electron chi connectivity index (χ4n) is 3.60. The lowest BCUT2D eigenvalue weighted by molar-refractivity contribution is 0.581. The summed E-state index contributed by atoms with van der Waals surface area (Å²) in [6.07, 6.45) is 2.51. The van der Waals surface area contributed by atoms with E-state index in [1.165, 1.54) is 17.2 Å². The molecule has 0 unspecified atom stereocenters. The normalized spacial score (nSPS) is 13.6. The molecule has 158 valence electrons. The molecule has 0 fully saturated rings. The van der Waals surface area contributed by atoms with Crippen molar-refractivity contribution in [2.24, 2.45) is 0 Å². The number of para-hydroxylation sites is 1. The molecule has 0 bridgehead atoms. The van der Waals surface area contributed by atoms with Gasteiger partial charge in [0.2, 0.25) is 10.0 Å². The molecule has 0 spiro atoms. The number of nitrogens with zero attached hydrogens (tertiary/aromatic N) is 1.